The Labute approximate surface area is 74.9 Å². The molecule has 0 radical (unpaired) electrons. The Bertz CT molecular complexity index is 135. The van der Waals surface area contributed by atoms with Crippen molar-refractivity contribution in [2.24, 2.45) is 5.92 Å². The molecule has 70 valence electrons. The van der Waals surface area contributed by atoms with Crippen LogP contribution in [0.4, 0.5) is 0 Å². The minimum Gasteiger partial charge on any atom is -0.365 e. The number of hydrogen-bond donors (Lipinski definition) is 0. The summed E-state index contributed by atoms with van der Waals surface area (Å²) in [6, 6.07) is 0.837. The third-order valence-electron chi connectivity index (χ3n) is 3.28. The molecular weight excluding hydrogens is 150 g/mol. The van der Waals surface area contributed by atoms with Crippen LogP contribution < -0.4 is 0 Å². The molecule has 0 N–H and O–H groups in total. The SMILES string of the molecule is CC1CCC(N2CCOC2)CC1. The van der Waals surface area contributed by atoms with Gasteiger partial charge in [-0.1, -0.05) is 6.92 Å². The van der Waals surface area contributed by atoms with E-state index < -0.39 is 0 Å². The van der Waals surface area contributed by atoms with Crippen LogP contribution in [-0.4, -0.2) is 30.8 Å². The van der Waals surface area contributed by atoms with Gasteiger partial charge in [0.2, 0.25) is 0 Å². The molecule has 0 aromatic carbocycles. The summed E-state index contributed by atoms with van der Waals surface area (Å²) in [6.07, 6.45) is 5.62. The third kappa shape index (κ3) is 1.80. The molecular formula is C10H19NO. The van der Waals surface area contributed by atoms with Crippen LogP contribution in [-0.2, 0) is 4.74 Å². The van der Waals surface area contributed by atoms with E-state index in [4.69, 9.17) is 4.74 Å². The van der Waals surface area contributed by atoms with E-state index in [1.807, 2.05) is 0 Å². The van der Waals surface area contributed by atoms with Gasteiger partial charge >= 0.3 is 0 Å². The largest absolute Gasteiger partial charge is 0.365 e. The van der Waals surface area contributed by atoms with Crippen molar-refractivity contribution in [1.82, 2.24) is 4.90 Å². The van der Waals surface area contributed by atoms with Crippen LogP contribution in [0.25, 0.3) is 0 Å². The second kappa shape index (κ2) is 3.75. The molecule has 12 heavy (non-hydrogen) atoms. The molecule has 0 atom stereocenters. The van der Waals surface area contributed by atoms with Crippen LogP contribution >= 0.6 is 0 Å². The first kappa shape index (κ1) is 8.52. The molecule has 1 aliphatic carbocycles. The summed E-state index contributed by atoms with van der Waals surface area (Å²) in [5, 5.41) is 0. The second-order valence-corrected chi connectivity index (χ2v) is 4.26. The van der Waals surface area contributed by atoms with Crippen molar-refractivity contribution in [2.75, 3.05) is 19.9 Å². The molecule has 0 bridgehead atoms. The Morgan fingerprint density at radius 1 is 1.17 bits per heavy atom. The fourth-order valence-electron chi connectivity index (χ4n) is 2.32. The van der Waals surface area contributed by atoms with Crippen molar-refractivity contribution < 1.29 is 4.74 Å². The molecule has 0 unspecified atom stereocenters. The zero-order valence-corrected chi connectivity index (χ0v) is 7.96. The van der Waals surface area contributed by atoms with Crippen molar-refractivity contribution in [3.63, 3.8) is 0 Å². The minimum absolute atomic E-state index is 0.837. The molecule has 2 rings (SSSR count). The summed E-state index contributed by atoms with van der Waals surface area (Å²) in [4.78, 5) is 2.51. The molecule has 0 aromatic rings. The molecule has 2 aliphatic rings. The van der Waals surface area contributed by atoms with Crippen molar-refractivity contribution in [3.8, 4) is 0 Å². The van der Waals surface area contributed by atoms with Gasteiger partial charge in [-0.05, 0) is 31.6 Å². The summed E-state index contributed by atoms with van der Waals surface area (Å²) in [6.45, 7) is 5.38. The fourth-order valence-corrected chi connectivity index (χ4v) is 2.32. The first-order valence-electron chi connectivity index (χ1n) is 5.18. The lowest BCUT2D eigenvalue weighted by atomic mass is 9.87. The Hall–Kier alpha value is -0.0800. The molecule has 0 spiro atoms. The normalized spacial score (nSPS) is 38.8. The highest BCUT2D eigenvalue weighted by atomic mass is 16.5. The molecule has 0 amide bonds. The Morgan fingerprint density at radius 3 is 2.50 bits per heavy atom. The quantitative estimate of drug-likeness (QED) is 0.594. The lowest BCUT2D eigenvalue weighted by molar-refractivity contribution is 0.0919. The van der Waals surface area contributed by atoms with Gasteiger partial charge in [-0.3, -0.25) is 4.90 Å². The van der Waals surface area contributed by atoms with Gasteiger partial charge in [-0.15, -0.1) is 0 Å². The minimum atomic E-state index is 0.837. The van der Waals surface area contributed by atoms with Crippen LogP contribution in [0.5, 0.6) is 0 Å². The summed E-state index contributed by atoms with van der Waals surface area (Å²) >= 11 is 0. The third-order valence-corrected chi connectivity index (χ3v) is 3.28. The molecule has 2 heteroatoms. The zero-order chi connectivity index (χ0) is 8.39. The lowest BCUT2D eigenvalue weighted by Gasteiger charge is -2.32. The molecule has 1 saturated heterocycles. The van der Waals surface area contributed by atoms with Crippen molar-refractivity contribution >= 4 is 0 Å². The lowest BCUT2D eigenvalue weighted by Crippen LogP contribution is -2.35. The summed E-state index contributed by atoms with van der Waals surface area (Å²) in [5.74, 6) is 0.963. The van der Waals surface area contributed by atoms with Gasteiger partial charge in [0, 0.05) is 12.6 Å². The molecule has 2 fully saturated rings. The van der Waals surface area contributed by atoms with Crippen LogP contribution in [0.3, 0.4) is 0 Å². The predicted molar refractivity (Wildman–Crippen MR) is 48.9 cm³/mol. The van der Waals surface area contributed by atoms with Crippen LogP contribution in [0.1, 0.15) is 32.6 Å². The number of hydrogen-bond acceptors (Lipinski definition) is 2. The van der Waals surface area contributed by atoms with Gasteiger partial charge in [-0.2, -0.15) is 0 Å². The van der Waals surface area contributed by atoms with Gasteiger partial charge in [0.15, 0.2) is 0 Å². The van der Waals surface area contributed by atoms with Crippen LogP contribution in [0.2, 0.25) is 0 Å². The predicted octanol–water partition coefficient (Wildman–Crippen LogP) is 1.85. The maximum atomic E-state index is 5.36. The van der Waals surface area contributed by atoms with Crippen LogP contribution in [0, 0.1) is 5.92 Å². The van der Waals surface area contributed by atoms with E-state index in [0.717, 1.165) is 25.3 Å². The van der Waals surface area contributed by atoms with E-state index in [1.54, 1.807) is 0 Å². The van der Waals surface area contributed by atoms with Crippen molar-refractivity contribution in [1.29, 1.82) is 0 Å². The smallest absolute Gasteiger partial charge is 0.0994 e. The van der Waals surface area contributed by atoms with Gasteiger partial charge in [0.05, 0.1) is 13.3 Å². The topological polar surface area (TPSA) is 12.5 Å². The first-order valence-corrected chi connectivity index (χ1v) is 5.18. The van der Waals surface area contributed by atoms with Gasteiger partial charge in [-0.25, -0.2) is 0 Å². The van der Waals surface area contributed by atoms with Gasteiger partial charge in [0.1, 0.15) is 0 Å². The molecule has 1 heterocycles. The van der Waals surface area contributed by atoms with Crippen LogP contribution in [0.15, 0.2) is 0 Å². The summed E-state index contributed by atoms with van der Waals surface area (Å²) < 4.78 is 5.36. The first-order chi connectivity index (χ1) is 5.86. The van der Waals surface area contributed by atoms with E-state index in [0.29, 0.717) is 0 Å². The average Bonchev–Trinajstić information content (AvgIpc) is 2.58. The number of rotatable bonds is 1. The van der Waals surface area contributed by atoms with Gasteiger partial charge in [0.25, 0.3) is 0 Å². The standard InChI is InChI=1S/C10H19NO/c1-9-2-4-10(5-3-9)11-6-7-12-8-11/h9-10H,2-8H2,1H3. The molecule has 0 aromatic heterocycles. The molecule has 1 aliphatic heterocycles. The highest BCUT2D eigenvalue weighted by Gasteiger charge is 2.25. The molecule has 2 nitrogen and oxygen atoms in total. The monoisotopic (exact) mass is 169 g/mol. The number of nitrogens with zero attached hydrogens (tertiary/aromatic N) is 1. The van der Waals surface area contributed by atoms with E-state index >= 15 is 0 Å². The number of ether oxygens (including phenoxy) is 1. The Kier molecular flexibility index (Phi) is 2.66. The Balaban J connectivity index is 1.80. The fraction of sp³-hybridized carbons (Fsp3) is 1.00. The average molecular weight is 169 g/mol. The highest BCUT2D eigenvalue weighted by molar-refractivity contribution is 4.78. The maximum Gasteiger partial charge on any atom is 0.0994 e. The second-order valence-electron chi connectivity index (χ2n) is 4.26. The summed E-state index contributed by atoms with van der Waals surface area (Å²) in [7, 11) is 0. The van der Waals surface area contributed by atoms with Crippen molar-refractivity contribution in [2.45, 2.75) is 38.6 Å². The van der Waals surface area contributed by atoms with E-state index in [1.165, 1.54) is 32.2 Å². The van der Waals surface area contributed by atoms with Crippen molar-refractivity contribution in [3.05, 3.63) is 0 Å². The van der Waals surface area contributed by atoms with E-state index in [-0.39, 0.29) is 0 Å². The highest BCUT2D eigenvalue weighted by Crippen LogP contribution is 2.27. The molecule has 1 saturated carbocycles. The summed E-state index contributed by atoms with van der Waals surface area (Å²) in [5.41, 5.74) is 0. The zero-order valence-electron chi connectivity index (χ0n) is 7.96. The van der Waals surface area contributed by atoms with E-state index in [9.17, 15) is 0 Å². The van der Waals surface area contributed by atoms with E-state index in [2.05, 4.69) is 11.8 Å². The Morgan fingerprint density at radius 2 is 1.92 bits per heavy atom. The van der Waals surface area contributed by atoms with Gasteiger partial charge < -0.3 is 4.74 Å². The maximum absolute atomic E-state index is 5.36.